The minimum atomic E-state index is 0.963. The van der Waals surface area contributed by atoms with Crippen LogP contribution in [0.25, 0.3) is 22.4 Å². The number of anilines is 3. The molecule has 0 bridgehead atoms. The number of halogens is 1. The number of nitrogens with zero attached hydrogens (tertiary/aromatic N) is 2. The molecule has 0 spiro atoms. The van der Waals surface area contributed by atoms with E-state index >= 15 is 0 Å². The third-order valence-electron chi connectivity index (χ3n) is 5.39. The van der Waals surface area contributed by atoms with Crippen LogP contribution < -0.4 is 4.90 Å². The van der Waals surface area contributed by atoms with Crippen LogP contribution in [-0.2, 0) is 0 Å². The Morgan fingerprint density at radius 3 is 1.53 bits per heavy atom. The molecule has 0 saturated heterocycles. The standard InChI is InChI=1S/C29H21BrN2/c30-25-13-17-27(18-14-25)32(26-15-11-23(12-16-26)22-7-3-1-4-8-22)28-19-20-29(31-21-28)24-9-5-2-6-10-24/h1-21H. The zero-order valence-electron chi connectivity index (χ0n) is 17.4. The molecule has 5 aromatic rings. The third kappa shape index (κ3) is 4.34. The average Bonchev–Trinajstić information content (AvgIpc) is 2.87. The molecule has 154 valence electrons. The average molecular weight is 477 g/mol. The molecule has 4 aromatic carbocycles. The Bertz CT molecular complexity index is 1200. The number of rotatable bonds is 5. The van der Waals surface area contributed by atoms with Crippen LogP contribution in [-0.4, -0.2) is 4.98 Å². The van der Waals surface area contributed by atoms with Crippen molar-refractivity contribution in [3.8, 4) is 22.4 Å². The molecule has 0 atom stereocenters. The number of pyridine rings is 1. The van der Waals surface area contributed by atoms with Gasteiger partial charge in [-0.05, 0) is 59.7 Å². The maximum atomic E-state index is 4.75. The van der Waals surface area contributed by atoms with Gasteiger partial charge >= 0.3 is 0 Å². The van der Waals surface area contributed by atoms with Gasteiger partial charge in [0.05, 0.1) is 17.6 Å². The first-order valence-corrected chi connectivity index (χ1v) is 11.3. The Morgan fingerprint density at radius 2 is 0.969 bits per heavy atom. The van der Waals surface area contributed by atoms with E-state index in [9.17, 15) is 0 Å². The monoisotopic (exact) mass is 476 g/mol. The Labute approximate surface area is 197 Å². The van der Waals surface area contributed by atoms with Gasteiger partial charge in [-0.3, -0.25) is 4.98 Å². The molecular weight excluding hydrogens is 456 g/mol. The Morgan fingerprint density at radius 1 is 0.469 bits per heavy atom. The van der Waals surface area contributed by atoms with Crippen LogP contribution >= 0.6 is 15.9 Å². The zero-order valence-corrected chi connectivity index (χ0v) is 19.0. The van der Waals surface area contributed by atoms with E-state index in [0.29, 0.717) is 0 Å². The van der Waals surface area contributed by atoms with Gasteiger partial charge in [-0.15, -0.1) is 0 Å². The summed E-state index contributed by atoms with van der Waals surface area (Å²) in [7, 11) is 0. The lowest BCUT2D eigenvalue weighted by Crippen LogP contribution is -2.10. The topological polar surface area (TPSA) is 16.1 Å². The van der Waals surface area contributed by atoms with Crippen LogP contribution in [0.1, 0.15) is 0 Å². The van der Waals surface area contributed by atoms with Crippen molar-refractivity contribution < 1.29 is 0 Å². The fraction of sp³-hybridized carbons (Fsp3) is 0. The molecular formula is C29H21BrN2. The lowest BCUT2D eigenvalue weighted by molar-refractivity contribution is 1.23. The Balaban J connectivity index is 1.53. The quantitative estimate of drug-likeness (QED) is 0.252. The summed E-state index contributed by atoms with van der Waals surface area (Å²) in [5, 5.41) is 0. The van der Waals surface area contributed by atoms with Crippen LogP contribution in [0.4, 0.5) is 17.1 Å². The van der Waals surface area contributed by atoms with E-state index in [-0.39, 0.29) is 0 Å². The van der Waals surface area contributed by atoms with Gasteiger partial charge in [-0.2, -0.15) is 0 Å². The fourth-order valence-corrected chi connectivity index (χ4v) is 4.03. The van der Waals surface area contributed by atoms with Gasteiger partial charge in [0, 0.05) is 21.4 Å². The molecule has 0 fully saturated rings. The largest absolute Gasteiger partial charge is 0.309 e. The van der Waals surface area contributed by atoms with Crippen molar-refractivity contribution in [2.75, 3.05) is 4.90 Å². The number of aromatic nitrogens is 1. The molecule has 1 aromatic heterocycles. The van der Waals surface area contributed by atoms with Crippen LogP contribution in [0.5, 0.6) is 0 Å². The van der Waals surface area contributed by atoms with Crippen LogP contribution in [0.3, 0.4) is 0 Å². The molecule has 32 heavy (non-hydrogen) atoms. The predicted molar refractivity (Wildman–Crippen MR) is 137 cm³/mol. The van der Waals surface area contributed by atoms with E-state index in [2.05, 4.69) is 118 Å². The summed E-state index contributed by atoms with van der Waals surface area (Å²) >= 11 is 3.55. The smallest absolute Gasteiger partial charge is 0.0703 e. The molecule has 2 nitrogen and oxygen atoms in total. The molecule has 0 aliphatic heterocycles. The van der Waals surface area contributed by atoms with E-state index in [1.54, 1.807) is 0 Å². The molecule has 0 aliphatic carbocycles. The lowest BCUT2D eigenvalue weighted by Gasteiger charge is -2.25. The highest BCUT2D eigenvalue weighted by molar-refractivity contribution is 9.10. The minimum Gasteiger partial charge on any atom is -0.309 e. The van der Waals surface area contributed by atoms with Crippen molar-refractivity contribution in [3.63, 3.8) is 0 Å². The van der Waals surface area contributed by atoms with Crippen molar-refractivity contribution in [3.05, 3.63) is 132 Å². The normalized spacial score (nSPS) is 10.7. The number of hydrogen-bond acceptors (Lipinski definition) is 2. The SMILES string of the molecule is Brc1ccc(N(c2ccc(-c3ccccc3)cc2)c2ccc(-c3ccccc3)nc2)cc1. The van der Waals surface area contributed by atoms with Crippen molar-refractivity contribution in [2.24, 2.45) is 0 Å². The summed E-state index contributed by atoms with van der Waals surface area (Å²) in [6.07, 6.45) is 1.94. The van der Waals surface area contributed by atoms with E-state index in [1.807, 2.05) is 30.5 Å². The summed E-state index contributed by atoms with van der Waals surface area (Å²) in [6, 6.07) is 41.9. The van der Waals surface area contributed by atoms with Crippen molar-refractivity contribution in [1.29, 1.82) is 0 Å². The number of benzene rings is 4. The van der Waals surface area contributed by atoms with E-state index in [0.717, 1.165) is 32.8 Å². The molecule has 0 saturated carbocycles. The predicted octanol–water partition coefficient (Wildman–Crippen LogP) is 8.65. The van der Waals surface area contributed by atoms with Gasteiger partial charge in [-0.25, -0.2) is 0 Å². The molecule has 5 rings (SSSR count). The van der Waals surface area contributed by atoms with E-state index < -0.39 is 0 Å². The second-order valence-corrected chi connectivity index (χ2v) is 8.41. The summed E-state index contributed by atoms with van der Waals surface area (Å²) in [5.41, 5.74) is 7.66. The molecule has 0 unspecified atom stereocenters. The van der Waals surface area contributed by atoms with E-state index in [4.69, 9.17) is 4.98 Å². The maximum Gasteiger partial charge on any atom is 0.0703 e. The van der Waals surface area contributed by atoms with Crippen molar-refractivity contribution in [2.45, 2.75) is 0 Å². The fourth-order valence-electron chi connectivity index (χ4n) is 3.77. The molecule has 1 heterocycles. The van der Waals surface area contributed by atoms with Gasteiger partial charge in [0.1, 0.15) is 0 Å². The highest BCUT2D eigenvalue weighted by Gasteiger charge is 2.13. The van der Waals surface area contributed by atoms with Crippen molar-refractivity contribution in [1.82, 2.24) is 4.98 Å². The second kappa shape index (κ2) is 9.21. The highest BCUT2D eigenvalue weighted by atomic mass is 79.9. The minimum absolute atomic E-state index is 0.963. The summed E-state index contributed by atoms with van der Waals surface area (Å²) in [6.45, 7) is 0. The molecule has 0 radical (unpaired) electrons. The first-order chi connectivity index (χ1) is 15.8. The number of hydrogen-bond donors (Lipinski definition) is 0. The zero-order chi connectivity index (χ0) is 21.8. The second-order valence-electron chi connectivity index (χ2n) is 7.49. The molecule has 3 heteroatoms. The van der Waals surface area contributed by atoms with Crippen LogP contribution in [0.15, 0.2) is 132 Å². The summed E-state index contributed by atoms with van der Waals surface area (Å²) < 4.78 is 1.05. The third-order valence-corrected chi connectivity index (χ3v) is 5.92. The van der Waals surface area contributed by atoms with Crippen molar-refractivity contribution >= 4 is 33.0 Å². The van der Waals surface area contributed by atoms with Crippen LogP contribution in [0, 0.1) is 0 Å². The Hall–Kier alpha value is -3.69. The van der Waals surface area contributed by atoms with Gasteiger partial charge < -0.3 is 4.90 Å². The summed E-state index contributed by atoms with van der Waals surface area (Å²) in [5.74, 6) is 0. The first kappa shape index (κ1) is 20.2. The summed E-state index contributed by atoms with van der Waals surface area (Å²) in [4.78, 5) is 6.98. The lowest BCUT2D eigenvalue weighted by atomic mass is 10.0. The molecule has 0 aliphatic rings. The highest BCUT2D eigenvalue weighted by Crippen LogP contribution is 2.36. The van der Waals surface area contributed by atoms with Crippen LogP contribution in [0.2, 0.25) is 0 Å². The van der Waals surface area contributed by atoms with E-state index in [1.165, 1.54) is 11.1 Å². The maximum absolute atomic E-state index is 4.75. The first-order valence-electron chi connectivity index (χ1n) is 10.5. The van der Waals surface area contributed by atoms with Gasteiger partial charge in [0.25, 0.3) is 0 Å². The Kier molecular flexibility index (Phi) is 5.82. The van der Waals surface area contributed by atoms with Gasteiger partial charge in [0.15, 0.2) is 0 Å². The molecule has 0 N–H and O–H groups in total. The molecule has 0 amide bonds. The van der Waals surface area contributed by atoms with Gasteiger partial charge in [0.2, 0.25) is 0 Å². The van der Waals surface area contributed by atoms with Gasteiger partial charge in [-0.1, -0.05) is 88.7 Å².